The quantitative estimate of drug-likeness (QED) is 0.181. The third kappa shape index (κ3) is 5.43. The van der Waals surface area contributed by atoms with E-state index >= 15 is 0 Å². The molecule has 0 aliphatic carbocycles. The molecule has 2 aromatic heterocycles. The van der Waals surface area contributed by atoms with Crippen LogP contribution in [0.2, 0.25) is 0 Å². The number of fused-ring (bicyclic) bond motifs is 3. The van der Waals surface area contributed by atoms with Crippen LogP contribution < -0.4 is 0 Å². The Morgan fingerprint density at radius 3 is 1.18 bits per heavy atom. The predicted molar refractivity (Wildman–Crippen MR) is 204 cm³/mol. The van der Waals surface area contributed by atoms with E-state index in [2.05, 4.69) is 146 Å². The fourth-order valence-electron chi connectivity index (χ4n) is 6.73. The van der Waals surface area contributed by atoms with Gasteiger partial charge in [-0.2, -0.15) is 0 Å². The lowest BCUT2D eigenvalue weighted by atomic mass is 9.97. The molecule has 0 aliphatic heterocycles. The van der Waals surface area contributed by atoms with Crippen molar-refractivity contribution in [2.75, 3.05) is 0 Å². The van der Waals surface area contributed by atoms with Crippen molar-refractivity contribution in [3.05, 3.63) is 175 Å². The summed E-state index contributed by atoms with van der Waals surface area (Å²) in [5, 5.41) is 2.29. The van der Waals surface area contributed by atoms with Crippen molar-refractivity contribution in [2.45, 2.75) is 6.92 Å². The smallest absolute Gasteiger partial charge is 0.164 e. The second kappa shape index (κ2) is 12.4. The fraction of sp³-hybridized carbons (Fsp3) is 0.0217. The number of hydrogen-bond acceptors (Lipinski definition) is 4. The average molecular weight is 642 g/mol. The highest BCUT2D eigenvalue weighted by atomic mass is 16.3. The largest absolute Gasteiger partial charge is 0.456 e. The van der Waals surface area contributed by atoms with Gasteiger partial charge in [0, 0.05) is 27.5 Å². The Morgan fingerprint density at radius 2 is 0.700 bits per heavy atom. The Labute approximate surface area is 290 Å². The van der Waals surface area contributed by atoms with Gasteiger partial charge in [0.05, 0.1) is 0 Å². The minimum atomic E-state index is 0.624. The first-order valence-corrected chi connectivity index (χ1v) is 16.8. The molecule has 0 atom stereocenters. The second-order valence-electron chi connectivity index (χ2n) is 12.5. The SMILES string of the molecule is Cc1cccc2oc3cccc(-c4ccc(-c5nc(-c6ccc(-c7ccccc7)cc6)nc(-c6ccc(-c7ccccc7)cc6)n5)cc4)c3c12. The van der Waals surface area contributed by atoms with Gasteiger partial charge in [-0.25, -0.2) is 15.0 Å². The van der Waals surface area contributed by atoms with E-state index in [0.717, 1.165) is 60.9 Å². The van der Waals surface area contributed by atoms with E-state index in [1.165, 1.54) is 16.7 Å². The van der Waals surface area contributed by atoms with Crippen molar-refractivity contribution in [3.63, 3.8) is 0 Å². The Bertz CT molecular complexity index is 2510. The van der Waals surface area contributed by atoms with Gasteiger partial charge < -0.3 is 4.42 Å². The van der Waals surface area contributed by atoms with Crippen LogP contribution in [-0.2, 0) is 0 Å². The van der Waals surface area contributed by atoms with E-state index in [0.29, 0.717) is 17.5 Å². The summed E-state index contributed by atoms with van der Waals surface area (Å²) in [6.45, 7) is 2.14. The second-order valence-corrected chi connectivity index (χ2v) is 12.5. The van der Waals surface area contributed by atoms with Crippen molar-refractivity contribution in [1.29, 1.82) is 0 Å². The van der Waals surface area contributed by atoms with Crippen molar-refractivity contribution in [1.82, 2.24) is 15.0 Å². The number of rotatable bonds is 6. The number of hydrogen-bond donors (Lipinski definition) is 0. The third-order valence-electron chi connectivity index (χ3n) is 9.32. The van der Waals surface area contributed by atoms with Gasteiger partial charge >= 0.3 is 0 Å². The number of aryl methyl sites for hydroxylation is 1. The Kier molecular flexibility index (Phi) is 7.33. The van der Waals surface area contributed by atoms with Crippen LogP contribution in [0, 0.1) is 6.92 Å². The average Bonchev–Trinajstić information content (AvgIpc) is 3.59. The van der Waals surface area contributed by atoms with Crippen molar-refractivity contribution in [3.8, 4) is 67.5 Å². The third-order valence-corrected chi connectivity index (χ3v) is 9.32. The number of furan rings is 1. The van der Waals surface area contributed by atoms with E-state index in [9.17, 15) is 0 Å². The van der Waals surface area contributed by atoms with E-state index in [-0.39, 0.29) is 0 Å². The summed E-state index contributed by atoms with van der Waals surface area (Å²) in [5.74, 6) is 1.88. The normalized spacial score (nSPS) is 11.3. The van der Waals surface area contributed by atoms with Crippen LogP contribution in [0.3, 0.4) is 0 Å². The van der Waals surface area contributed by atoms with Crippen molar-refractivity contribution in [2.24, 2.45) is 0 Å². The minimum Gasteiger partial charge on any atom is -0.456 e. The lowest BCUT2D eigenvalue weighted by Gasteiger charge is -2.11. The molecule has 0 radical (unpaired) electrons. The highest BCUT2D eigenvalue weighted by molar-refractivity contribution is 6.13. The first kappa shape index (κ1) is 29.5. The first-order chi connectivity index (χ1) is 24.7. The summed E-state index contributed by atoms with van der Waals surface area (Å²) in [6.07, 6.45) is 0. The number of nitrogens with zero attached hydrogens (tertiary/aromatic N) is 3. The van der Waals surface area contributed by atoms with E-state index in [4.69, 9.17) is 19.4 Å². The molecule has 7 aromatic carbocycles. The van der Waals surface area contributed by atoms with E-state index < -0.39 is 0 Å². The molecule has 4 nitrogen and oxygen atoms in total. The van der Waals surface area contributed by atoms with Gasteiger partial charge in [-0.3, -0.25) is 0 Å². The predicted octanol–water partition coefficient (Wildman–Crippen LogP) is 12.1. The van der Waals surface area contributed by atoms with Gasteiger partial charge in [0.1, 0.15) is 11.2 Å². The summed E-state index contributed by atoms with van der Waals surface area (Å²) in [7, 11) is 0. The minimum absolute atomic E-state index is 0.624. The van der Waals surface area contributed by atoms with Crippen LogP contribution in [0.5, 0.6) is 0 Å². The highest BCUT2D eigenvalue weighted by Gasteiger charge is 2.16. The topological polar surface area (TPSA) is 51.8 Å². The maximum atomic E-state index is 6.24. The molecule has 0 saturated heterocycles. The van der Waals surface area contributed by atoms with Crippen LogP contribution in [0.4, 0.5) is 0 Å². The molecular weight excluding hydrogens is 611 g/mol. The first-order valence-electron chi connectivity index (χ1n) is 16.8. The highest BCUT2D eigenvalue weighted by Crippen LogP contribution is 2.38. The number of benzene rings is 7. The van der Waals surface area contributed by atoms with Crippen LogP contribution >= 0.6 is 0 Å². The maximum absolute atomic E-state index is 6.24. The van der Waals surface area contributed by atoms with Crippen LogP contribution in [0.15, 0.2) is 174 Å². The number of aromatic nitrogens is 3. The molecule has 0 aliphatic rings. The molecule has 0 N–H and O–H groups in total. The molecule has 4 heteroatoms. The molecule has 0 amide bonds. The lowest BCUT2D eigenvalue weighted by molar-refractivity contribution is 0.669. The summed E-state index contributed by atoms with van der Waals surface area (Å²) >= 11 is 0. The molecule has 9 rings (SSSR count). The summed E-state index contributed by atoms with van der Waals surface area (Å²) < 4.78 is 6.24. The maximum Gasteiger partial charge on any atom is 0.164 e. The standard InChI is InChI=1S/C46H31N3O/c1-30-10-8-16-40-42(30)43-39(15-9-17-41(43)50-40)35-22-28-38(29-23-35)46-48-44(36-24-18-33(19-25-36)31-11-4-2-5-12-31)47-45(49-46)37-26-20-34(21-27-37)32-13-6-3-7-14-32/h2-29H,1H3. The molecule has 2 heterocycles. The summed E-state index contributed by atoms with van der Waals surface area (Å²) in [6, 6.07) is 58.6. The molecule has 0 fully saturated rings. The van der Waals surface area contributed by atoms with E-state index in [1.54, 1.807) is 0 Å². The Morgan fingerprint density at radius 1 is 0.320 bits per heavy atom. The Hall–Kier alpha value is -6.65. The monoisotopic (exact) mass is 641 g/mol. The zero-order chi connectivity index (χ0) is 33.4. The lowest BCUT2D eigenvalue weighted by Crippen LogP contribution is -2.00. The van der Waals surface area contributed by atoms with E-state index in [1.807, 2.05) is 30.3 Å². The van der Waals surface area contributed by atoms with Crippen LogP contribution in [-0.4, -0.2) is 15.0 Å². The van der Waals surface area contributed by atoms with Gasteiger partial charge in [0.25, 0.3) is 0 Å². The fourth-order valence-corrected chi connectivity index (χ4v) is 6.73. The van der Waals surface area contributed by atoms with Crippen molar-refractivity contribution >= 4 is 21.9 Å². The van der Waals surface area contributed by atoms with Gasteiger partial charge in [0.15, 0.2) is 17.5 Å². The molecule has 0 spiro atoms. The zero-order valence-electron chi connectivity index (χ0n) is 27.4. The van der Waals surface area contributed by atoms with Crippen LogP contribution in [0.1, 0.15) is 5.56 Å². The molecule has 236 valence electrons. The Balaban J connectivity index is 1.13. The summed E-state index contributed by atoms with van der Waals surface area (Å²) in [4.78, 5) is 15.1. The molecule has 0 unspecified atom stereocenters. The zero-order valence-corrected chi connectivity index (χ0v) is 27.4. The van der Waals surface area contributed by atoms with Gasteiger partial charge in [0.2, 0.25) is 0 Å². The summed E-state index contributed by atoms with van der Waals surface area (Å²) in [5.41, 5.74) is 12.6. The van der Waals surface area contributed by atoms with Gasteiger partial charge in [-0.1, -0.05) is 158 Å². The molecule has 0 bridgehead atoms. The van der Waals surface area contributed by atoms with Gasteiger partial charge in [-0.15, -0.1) is 0 Å². The van der Waals surface area contributed by atoms with Gasteiger partial charge in [-0.05, 0) is 58.0 Å². The molecule has 0 saturated carbocycles. The van der Waals surface area contributed by atoms with Crippen molar-refractivity contribution < 1.29 is 4.42 Å². The molecule has 9 aromatic rings. The molecule has 50 heavy (non-hydrogen) atoms. The van der Waals surface area contributed by atoms with Crippen LogP contribution in [0.25, 0.3) is 89.5 Å². The molecular formula is C46H31N3O.